The van der Waals surface area contributed by atoms with E-state index in [9.17, 15) is 22.8 Å². The lowest BCUT2D eigenvalue weighted by Gasteiger charge is -2.10. The van der Waals surface area contributed by atoms with Crippen LogP contribution in [-0.4, -0.2) is 10.5 Å². The maximum absolute atomic E-state index is 12.8. The highest BCUT2D eigenvalue weighted by molar-refractivity contribution is 7.07. The SMILES string of the molecule is Cc1csc(=O)n1CC(=O)Nc1ccc(-c2cccc(C(F)(F)F)c2)cc1. The third-order valence-electron chi connectivity index (χ3n) is 3.97. The van der Waals surface area contributed by atoms with Crippen molar-refractivity contribution in [3.8, 4) is 11.1 Å². The molecule has 0 atom stereocenters. The van der Waals surface area contributed by atoms with E-state index in [0.29, 0.717) is 22.5 Å². The van der Waals surface area contributed by atoms with Crippen molar-refractivity contribution in [3.63, 3.8) is 0 Å². The van der Waals surface area contributed by atoms with Crippen molar-refractivity contribution in [2.45, 2.75) is 19.6 Å². The predicted octanol–water partition coefficient (Wildman–Crippen LogP) is 4.54. The summed E-state index contributed by atoms with van der Waals surface area (Å²) < 4.78 is 39.9. The number of rotatable bonds is 4. The number of halogens is 3. The molecule has 0 fully saturated rings. The minimum absolute atomic E-state index is 0.0937. The normalized spacial score (nSPS) is 11.4. The summed E-state index contributed by atoms with van der Waals surface area (Å²) >= 11 is 1.03. The Kier molecular flexibility index (Phi) is 5.18. The van der Waals surface area contributed by atoms with E-state index in [1.54, 1.807) is 42.6 Å². The fourth-order valence-electron chi connectivity index (χ4n) is 2.56. The molecule has 0 unspecified atom stereocenters. The summed E-state index contributed by atoms with van der Waals surface area (Å²) in [6.07, 6.45) is -4.40. The van der Waals surface area contributed by atoms with Crippen LogP contribution in [0.3, 0.4) is 0 Å². The molecule has 0 bridgehead atoms. The Labute approximate surface area is 156 Å². The lowest BCUT2D eigenvalue weighted by Crippen LogP contribution is -2.25. The highest BCUT2D eigenvalue weighted by Crippen LogP contribution is 2.32. The Morgan fingerprint density at radius 1 is 1.11 bits per heavy atom. The van der Waals surface area contributed by atoms with E-state index in [1.165, 1.54) is 10.6 Å². The quantitative estimate of drug-likeness (QED) is 0.709. The van der Waals surface area contributed by atoms with Gasteiger partial charge in [-0.3, -0.25) is 14.2 Å². The largest absolute Gasteiger partial charge is 0.416 e. The summed E-state index contributed by atoms with van der Waals surface area (Å²) in [4.78, 5) is 23.5. The number of carbonyl (C=O) groups is 1. The van der Waals surface area contributed by atoms with Gasteiger partial charge < -0.3 is 5.32 Å². The van der Waals surface area contributed by atoms with Gasteiger partial charge in [0.25, 0.3) is 0 Å². The highest BCUT2D eigenvalue weighted by Gasteiger charge is 2.30. The third-order valence-corrected chi connectivity index (χ3v) is 4.85. The highest BCUT2D eigenvalue weighted by atomic mass is 32.1. The van der Waals surface area contributed by atoms with Crippen LogP contribution in [0.15, 0.2) is 58.7 Å². The smallest absolute Gasteiger partial charge is 0.325 e. The van der Waals surface area contributed by atoms with Crippen molar-refractivity contribution in [2.24, 2.45) is 0 Å². The van der Waals surface area contributed by atoms with Crippen LogP contribution in [0.1, 0.15) is 11.3 Å². The summed E-state index contributed by atoms with van der Waals surface area (Å²) in [6, 6.07) is 11.5. The lowest BCUT2D eigenvalue weighted by molar-refractivity contribution is -0.137. The van der Waals surface area contributed by atoms with Crippen LogP contribution in [0.25, 0.3) is 11.1 Å². The fourth-order valence-corrected chi connectivity index (χ4v) is 3.30. The predicted molar refractivity (Wildman–Crippen MR) is 98.8 cm³/mol. The average molecular weight is 392 g/mol. The summed E-state index contributed by atoms with van der Waals surface area (Å²) in [5, 5.41) is 4.35. The van der Waals surface area contributed by atoms with Crippen LogP contribution in [-0.2, 0) is 17.5 Å². The van der Waals surface area contributed by atoms with Crippen LogP contribution in [0.5, 0.6) is 0 Å². The number of anilines is 1. The molecule has 3 rings (SSSR count). The zero-order valence-electron chi connectivity index (χ0n) is 14.2. The number of alkyl halides is 3. The van der Waals surface area contributed by atoms with Gasteiger partial charge in [0, 0.05) is 16.8 Å². The van der Waals surface area contributed by atoms with Crippen molar-refractivity contribution in [3.05, 3.63) is 74.8 Å². The Morgan fingerprint density at radius 3 is 2.41 bits per heavy atom. The van der Waals surface area contributed by atoms with E-state index in [4.69, 9.17) is 0 Å². The van der Waals surface area contributed by atoms with Gasteiger partial charge in [0.15, 0.2) is 0 Å². The van der Waals surface area contributed by atoms with Crippen LogP contribution < -0.4 is 10.2 Å². The monoisotopic (exact) mass is 392 g/mol. The van der Waals surface area contributed by atoms with Gasteiger partial charge in [-0.1, -0.05) is 35.6 Å². The fraction of sp³-hybridized carbons (Fsp3) is 0.158. The van der Waals surface area contributed by atoms with E-state index < -0.39 is 11.7 Å². The number of hydrogen-bond donors (Lipinski definition) is 1. The molecule has 1 aromatic heterocycles. The lowest BCUT2D eigenvalue weighted by atomic mass is 10.0. The van der Waals surface area contributed by atoms with Crippen molar-refractivity contribution in [2.75, 3.05) is 5.32 Å². The molecule has 1 heterocycles. The molecular formula is C19H15F3N2O2S. The van der Waals surface area contributed by atoms with Gasteiger partial charge in [-0.05, 0) is 42.3 Å². The van der Waals surface area contributed by atoms with Crippen molar-refractivity contribution >= 4 is 22.9 Å². The van der Waals surface area contributed by atoms with E-state index in [2.05, 4.69) is 5.32 Å². The number of thiazole rings is 1. The van der Waals surface area contributed by atoms with Crippen molar-refractivity contribution in [1.82, 2.24) is 4.57 Å². The second kappa shape index (κ2) is 7.40. The van der Waals surface area contributed by atoms with E-state index >= 15 is 0 Å². The molecule has 8 heteroatoms. The maximum Gasteiger partial charge on any atom is 0.416 e. The van der Waals surface area contributed by atoms with Crippen LogP contribution in [0.4, 0.5) is 18.9 Å². The van der Waals surface area contributed by atoms with Crippen molar-refractivity contribution < 1.29 is 18.0 Å². The summed E-state index contributed by atoms with van der Waals surface area (Å²) in [5.74, 6) is -0.356. The standard InChI is InChI=1S/C19H15F3N2O2S/c1-12-11-27-18(26)24(12)10-17(25)23-16-7-5-13(6-8-16)14-3-2-4-15(9-14)19(20,21)22/h2-9,11H,10H2,1H3,(H,23,25). The number of carbonyl (C=O) groups excluding carboxylic acids is 1. The first-order valence-electron chi connectivity index (χ1n) is 7.96. The molecule has 0 saturated heterocycles. The second-order valence-electron chi connectivity index (χ2n) is 5.93. The molecule has 27 heavy (non-hydrogen) atoms. The summed E-state index contributed by atoms with van der Waals surface area (Å²) in [7, 11) is 0. The molecule has 0 spiro atoms. The minimum atomic E-state index is -4.40. The third kappa shape index (κ3) is 4.46. The van der Waals surface area contributed by atoms with Crippen LogP contribution in [0, 0.1) is 6.92 Å². The second-order valence-corrected chi connectivity index (χ2v) is 6.75. The first-order chi connectivity index (χ1) is 12.7. The number of aromatic nitrogens is 1. The Morgan fingerprint density at radius 2 is 1.81 bits per heavy atom. The maximum atomic E-state index is 12.8. The molecule has 2 aromatic carbocycles. The zero-order valence-corrected chi connectivity index (χ0v) is 15.0. The van der Waals surface area contributed by atoms with Gasteiger partial charge >= 0.3 is 11.0 Å². The first-order valence-corrected chi connectivity index (χ1v) is 8.84. The molecule has 0 aliphatic rings. The molecule has 140 valence electrons. The molecule has 0 aliphatic carbocycles. The Hall–Kier alpha value is -2.87. The van der Waals surface area contributed by atoms with Crippen LogP contribution >= 0.6 is 11.3 Å². The molecule has 0 aliphatic heterocycles. The Balaban J connectivity index is 1.72. The summed E-state index contributed by atoms with van der Waals surface area (Å²) in [6.45, 7) is 1.65. The van der Waals surface area contributed by atoms with Gasteiger partial charge in [-0.25, -0.2) is 0 Å². The van der Waals surface area contributed by atoms with E-state index in [-0.39, 0.29) is 17.3 Å². The van der Waals surface area contributed by atoms with Gasteiger partial charge in [-0.2, -0.15) is 13.2 Å². The number of hydrogen-bond acceptors (Lipinski definition) is 3. The van der Waals surface area contributed by atoms with E-state index in [0.717, 1.165) is 23.5 Å². The molecule has 0 saturated carbocycles. The number of benzene rings is 2. The van der Waals surface area contributed by atoms with E-state index in [1.807, 2.05) is 0 Å². The molecule has 4 nitrogen and oxygen atoms in total. The topological polar surface area (TPSA) is 51.1 Å². The molecule has 1 amide bonds. The summed E-state index contributed by atoms with van der Waals surface area (Å²) in [5.41, 5.74) is 1.53. The van der Waals surface area contributed by atoms with Crippen LogP contribution in [0.2, 0.25) is 0 Å². The van der Waals surface area contributed by atoms with Gasteiger partial charge in [0.05, 0.1) is 5.56 Å². The molecule has 1 N–H and O–H groups in total. The number of aryl methyl sites for hydroxylation is 1. The van der Waals surface area contributed by atoms with Gasteiger partial charge in [0.2, 0.25) is 5.91 Å². The number of nitrogens with zero attached hydrogens (tertiary/aromatic N) is 1. The number of amides is 1. The zero-order chi connectivity index (χ0) is 19.6. The number of nitrogens with one attached hydrogen (secondary N) is 1. The van der Waals surface area contributed by atoms with Gasteiger partial charge in [-0.15, -0.1) is 0 Å². The van der Waals surface area contributed by atoms with Crippen molar-refractivity contribution in [1.29, 1.82) is 0 Å². The van der Waals surface area contributed by atoms with Gasteiger partial charge in [0.1, 0.15) is 6.54 Å². The Bertz CT molecular complexity index is 1020. The first kappa shape index (κ1) is 18.9. The average Bonchev–Trinajstić information content (AvgIpc) is 2.94. The molecular weight excluding hydrogens is 377 g/mol. The minimum Gasteiger partial charge on any atom is -0.325 e. The molecule has 3 aromatic rings. The molecule has 0 radical (unpaired) electrons.